The van der Waals surface area contributed by atoms with E-state index in [-0.39, 0.29) is 12.1 Å². The topological polar surface area (TPSA) is 34.1 Å². The zero-order valence-electron chi connectivity index (χ0n) is 14.4. The summed E-state index contributed by atoms with van der Waals surface area (Å²) >= 11 is 0. The number of nitrogens with zero attached hydrogens (tertiary/aromatic N) is 2. The van der Waals surface area contributed by atoms with E-state index in [1.165, 1.54) is 37.7 Å². The fourth-order valence-electron chi connectivity index (χ4n) is 3.93. The molecule has 5 heteroatoms. The molecule has 2 heterocycles. The van der Waals surface area contributed by atoms with Gasteiger partial charge in [-0.25, -0.2) is 9.38 Å². The number of benzene rings is 1. The lowest BCUT2D eigenvalue weighted by atomic mass is 9.84. The molecule has 1 unspecified atom stereocenters. The van der Waals surface area contributed by atoms with E-state index < -0.39 is 6.67 Å². The molecule has 4 rings (SSSR count). The number of amidine groups is 1. The van der Waals surface area contributed by atoms with Crippen molar-refractivity contribution in [2.75, 3.05) is 19.8 Å². The maximum absolute atomic E-state index is 13.1. The predicted octanol–water partition coefficient (Wildman–Crippen LogP) is 4.04. The van der Waals surface area contributed by atoms with Crippen LogP contribution >= 0.6 is 0 Å². The van der Waals surface area contributed by atoms with Gasteiger partial charge in [-0.05, 0) is 42.5 Å². The van der Waals surface area contributed by atoms with E-state index >= 15 is 0 Å². The number of hydrogen-bond donors (Lipinski definition) is 0. The molecule has 0 spiro atoms. The van der Waals surface area contributed by atoms with Gasteiger partial charge in [0, 0.05) is 6.20 Å². The van der Waals surface area contributed by atoms with Gasteiger partial charge in [0.1, 0.15) is 19.0 Å². The molecule has 0 N–H and O–H groups in total. The zero-order valence-corrected chi connectivity index (χ0v) is 14.4. The van der Waals surface area contributed by atoms with Crippen LogP contribution in [0.15, 0.2) is 41.5 Å². The normalized spacial score (nSPS) is 26.1. The van der Waals surface area contributed by atoms with Crippen LogP contribution in [0.5, 0.6) is 5.75 Å². The van der Waals surface area contributed by atoms with Crippen molar-refractivity contribution in [3.05, 3.63) is 42.1 Å². The van der Waals surface area contributed by atoms with E-state index in [0.29, 0.717) is 25.1 Å². The summed E-state index contributed by atoms with van der Waals surface area (Å²) in [4.78, 5) is 6.04. The molecule has 25 heavy (non-hydrogen) atoms. The molecule has 2 fully saturated rings. The minimum atomic E-state index is -0.435. The highest BCUT2D eigenvalue weighted by Crippen LogP contribution is 2.33. The first-order chi connectivity index (χ1) is 12.3. The Morgan fingerprint density at radius 2 is 1.96 bits per heavy atom. The number of alkyl halides is 1. The number of rotatable bonds is 5. The molecule has 0 amide bonds. The van der Waals surface area contributed by atoms with E-state index in [0.717, 1.165) is 5.75 Å². The number of aliphatic imine (C=N–C) groups is 1. The summed E-state index contributed by atoms with van der Waals surface area (Å²) < 4.78 is 24.7. The van der Waals surface area contributed by atoms with Gasteiger partial charge < -0.3 is 14.4 Å². The maximum atomic E-state index is 13.1. The Bertz CT molecular complexity index is 638. The van der Waals surface area contributed by atoms with Crippen LogP contribution < -0.4 is 4.74 Å². The maximum Gasteiger partial charge on any atom is 0.293 e. The Labute approximate surface area is 148 Å². The van der Waals surface area contributed by atoms with Crippen molar-refractivity contribution < 1.29 is 13.9 Å². The molecule has 1 aromatic rings. The summed E-state index contributed by atoms with van der Waals surface area (Å²) in [5, 5.41) is 0. The first-order valence-electron chi connectivity index (χ1n) is 9.30. The van der Waals surface area contributed by atoms with Crippen molar-refractivity contribution in [1.29, 1.82) is 0 Å². The number of hydrogen-bond acceptors (Lipinski definition) is 4. The van der Waals surface area contributed by atoms with Crippen LogP contribution in [-0.4, -0.2) is 42.9 Å². The van der Waals surface area contributed by atoms with Gasteiger partial charge >= 0.3 is 0 Å². The third kappa shape index (κ3) is 3.65. The van der Waals surface area contributed by atoms with E-state index in [2.05, 4.69) is 29.3 Å². The molecule has 134 valence electrons. The first-order valence-corrected chi connectivity index (χ1v) is 9.30. The standard InChI is InChI=1S/C20H25FN2O2/c21-12-17-10-11-22-20-23(17)13-19(25-20)14-24-18-8-6-16(7-9-18)15-4-2-1-3-5-15/h6-11,15,17,19H,1-5,12-14H2/t17?,19-/m0/s1. The zero-order chi connectivity index (χ0) is 17.1. The first kappa shape index (κ1) is 16.4. The van der Waals surface area contributed by atoms with Crippen LogP contribution in [0.2, 0.25) is 0 Å². The molecule has 1 saturated heterocycles. The minimum absolute atomic E-state index is 0.120. The molecule has 4 nitrogen and oxygen atoms in total. The predicted molar refractivity (Wildman–Crippen MR) is 95.7 cm³/mol. The van der Waals surface area contributed by atoms with Gasteiger partial charge in [0.05, 0.1) is 12.6 Å². The van der Waals surface area contributed by atoms with Crippen molar-refractivity contribution in [3.8, 4) is 5.75 Å². The average molecular weight is 344 g/mol. The lowest BCUT2D eigenvalue weighted by Gasteiger charge is -2.24. The van der Waals surface area contributed by atoms with Gasteiger partial charge in [0.2, 0.25) is 0 Å². The highest BCUT2D eigenvalue weighted by molar-refractivity contribution is 5.78. The van der Waals surface area contributed by atoms with Crippen LogP contribution in [-0.2, 0) is 4.74 Å². The van der Waals surface area contributed by atoms with Crippen molar-refractivity contribution >= 4 is 6.02 Å². The molecule has 0 bridgehead atoms. The number of ether oxygens (including phenoxy) is 2. The van der Waals surface area contributed by atoms with Crippen LogP contribution in [0.3, 0.4) is 0 Å². The van der Waals surface area contributed by atoms with E-state index in [9.17, 15) is 4.39 Å². The molecule has 1 aromatic carbocycles. The third-order valence-corrected chi connectivity index (χ3v) is 5.36. The molecule has 1 aliphatic carbocycles. The highest BCUT2D eigenvalue weighted by atomic mass is 19.1. The Morgan fingerprint density at radius 3 is 2.72 bits per heavy atom. The fourth-order valence-corrected chi connectivity index (χ4v) is 3.93. The summed E-state index contributed by atoms with van der Waals surface area (Å²) in [5.41, 5.74) is 1.42. The van der Waals surface area contributed by atoms with E-state index in [1.54, 1.807) is 12.3 Å². The summed E-state index contributed by atoms with van der Waals surface area (Å²) in [6.07, 6.45) is 9.93. The Kier molecular flexibility index (Phi) is 4.90. The van der Waals surface area contributed by atoms with Gasteiger partial charge in [0.15, 0.2) is 6.10 Å². The SMILES string of the molecule is FCC1C=CN=C2O[C@H](COc3ccc(C4CCCCC4)cc3)CN21. The fraction of sp³-hybridized carbons (Fsp3) is 0.550. The lowest BCUT2D eigenvalue weighted by Crippen LogP contribution is -2.39. The molecule has 3 aliphatic rings. The highest BCUT2D eigenvalue weighted by Gasteiger charge is 2.35. The Hall–Kier alpha value is -2.04. The van der Waals surface area contributed by atoms with Crippen LogP contribution in [0.25, 0.3) is 0 Å². The summed E-state index contributed by atoms with van der Waals surface area (Å²) in [6, 6.07) is 8.72. The van der Waals surface area contributed by atoms with Crippen molar-refractivity contribution in [1.82, 2.24) is 4.90 Å². The van der Waals surface area contributed by atoms with Gasteiger partial charge in [-0.3, -0.25) is 0 Å². The second-order valence-electron chi connectivity index (χ2n) is 7.08. The van der Waals surface area contributed by atoms with Crippen molar-refractivity contribution in [2.24, 2.45) is 4.99 Å². The number of halogens is 1. The second-order valence-corrected chi connectivity index (χ2v) is 7.08. The lowest BCUT2D eigenvalue weighted by molar-refractivity contribution is 0.145. The quantitative estimate of drug-likeness (QED) is 0.808. The summed E-state index contributed by atoms with van der Waals surface area (Å²) in [6.45, 7) is 0.615. The smallest absolute Gasteiger partial charge is 0.293 e. The molecule has 1 saturated carbocycles. The van der Waals surface area contributed by atoms with Crippen molar-refractivity contribution in [3.63, 3.8) is 0 Å². The molecule has 2 aliphatic heterocycles. The second kappa shape index (κ2) is 7.46. The van der Waals surface area contributed by atoms with Gasteiger partial charge in [-0.1, -0.05) is 31.4 Å². The Balaban J connectivity index is 1.30. The summed E-state index contributed by atoms with van der Waals surface area (Å²) in [5.74, 6) is 1.56. The molecular formula is C20H25FN2O2. The third-order valence-electron chi connectivity index (χ3n) is 5.36. The summed E-state index contributed by atoms with van der Waals surface area (Å²) in [7, 11) is 0. The van der Waals surface area contributed by atoms with E-state index in [1.807, 2.05) is 4.90 Å². The molecule has 0 aromatic heterocycles. The van der Waals surface area contributed by atoms with Gasteiger partial charge in [0.25, 0.3) is 6.02 Å². The molecular weight excluding hydrogens is 319 g/mol. The van der Waals surface area contributed by atoms with Gasteiger partial charge in [-0.2, -0.15) is 0 Å². The van der Waals surface area contributed by atoms with Crippen LogP contribution in [0, 0.1) is 0 Å². The monoisotopic (exact) mass is 344 g/mol. The van der Waals surface area contributed by atoms with Crippen LogP contribution in [0.4, 0.5) is 4.39 Å². The molecule has 0 radical (unpaired) electrons. The average Bonchev–Trinajstić information content (AvgIpc) is 3.10. The van der Waals surface area contributed by atoms with Crippen LogP contribution in [0.1, 0.15) is 43.6 Å². The minimum Gasteiger partial charge on any atom is -0.490 e. The molecule has 2 atom stereocenters. The largest absolute Gasteiger partial charge is 0.490 e. The van der Waals surface area contributed by atoms with Crippen molar-refractivity contribution in [2.45, 2.75) is 50.2 Å². The van der Waals surface area contributed by atoms with Gasteiger partial charge in [-0.15, -0.1) is 0 Å². The van der Waals surface area contributed by atoms with E-state index in [4.69, 9.17) is 9.47 Å². The Morgan fingerprint density at radius 1 is 1.16 bits per heavy atom. The number of fused-ring (bicyclic) bond motifs is 1.